The molecule has 0 spiro atoms. The highest BCUT2D eigenvalue weighted by Crippen LogP contribution is 2.60. The average molecular weight is 1230 g/mol. The molecular weight excluding hydrogens is 1170 g/mol. The Labute approximate surface area is 535 Å². The summed E-state index contributed by atoms with van der Waals surface area (Å²) in [7, 11) is 1.47. The van der Waals surface area contributed by atoms with Crippen LogP contribution in [0.2, 0.25) is 0 Å². The summed E-state index contributed by atoms with van der Waals surface area (Å²) >= 11 is 0. The second kappa shape index (κ2) is 21.6. The van der Waals surface area contributed by atoms with E-state index < -0.39 is 88.2 Å². The Bertz CT molecular complexity index is 4410. The molecule has 16 nitrogen and oxygen atoms in total. The number of carbonyl (C=O) groups excluding carboxylic acids is 8. The fourth-order valence-electron chi connectivity index (χ4n) is 16.0. The number of likely N-dealkylation sites (tertiary alicyclic amines) is 1. The molecule has 8 aromatic rings. The Hall–Kier alpha value is -11.0. The van der Waals surface area contributed by atoms with Crippen LogP contribution >= 0.6 is 0 Å². The van der Waals surface area contributed by atoms with Crippen molar-refractivity contribution in [3.63, 3.8) is 0 Å². The molecule has 10 aliphatic rings. The average Bonchev–Trinajstić information content (AvgIpc) is 1.60. The first kappa shape index (κ1) is 57.2. The van der Waals surface area contributed by atoms with Gasteiger partial charge in [-0.05, 0) is 163 Å². The Morgan fingerprint density at radius 3 is 0.731 bits per heavy atom. The standard InChI is InChI=1S/C77H60N4O12/c1-41-5-21-49(22-6-41)90-50-23-7-42(8-24-50)43-9-25-51(26-10-43)91-54-31-15-47(16-32-54)80-73(86)65-59-39-40-60(66(65)74(80)87)68-67(59)75(88)81(76(68)89)48-19-35-56(36-20-48)93-53-29-13-45(14-30-53)77(2,3)44-11-27-52(28-12-44)92-55-33-17-46(18-34-55)79-71(84)63-57-37-38-58(64(63)72(79)85)62-61(57)69(82)78(4)70(62)83/h5-40,57-68H,1-4H3. The summed E-state index contributed by atoms with van der Waals surface area (Å²) in [6, 6.07) is 59.3. The summed E-state index contributed by atoms with van der Waals surface area (Å²) in [5.74, 6) is -6.13. The van der Waals surface area contributed by atoms with Crippen LogP contribution in [0.25, 0.3) is 11.1 Å². The fraction of sp³-hybridized carbons (Fsp3) is 0.221. The van der Waals surface area contributed by atoms with Crippen molar-refractivity contribution in [1.82, 2.24) is 4.90 Å². The van der Waals surface area contributed by atoms with Crippen LogP contribution in [0.3, 0.4) is 0 Å². The molecule has 4 aliphatic heterocycles. The number of allylic oxidation sites excluding steroid dienone is 4. The van der Waals surface area contributed by atoms with Crippen molar-refractivity contribution >= 4 is 64.3 Å². The number of nitrogens with zero attached hydrogens (tertiary/aromatic N) is 4. The molecule has 18 rings (SSSR count). The molecule has 8 aromatic carbocycles. The van der Waals surface area contributed by atoms with Crippen molar-refractivity contribution in [2.45, 2.75) is 26.2 Å². The molecule has 4 heterocycles. The van der Waals surface area contributed by atoms with Crippen molar-refractivity contribution in [3.8, 4) is 57.1 Å². The number of amides is 8. The van der Waals surface area contributed by atoms with Gasteiger partial charge in [0.05, 0.1) is 64.4 Å². The molecule has 12 unspecified atom stereocenters. The molecule has 93 heavy (non-hydrogen) atoms. The maximum atomic E-state index is 14.4. The van der Waals surface area contributed by atoms with Gasteiger partial charge in [-0.15, -0.1) is 0 Å². The molecule has 2 saturated carbocycles. The lowest BCUT2D eigenvalue weighted by Gasteiger charge is -2.44. The molecule has 12 atom stereocenters. The van der Waals surface area contributed by atoms with E-state index in [0.29, 0.717) is 51.6 Å². The fourth-order valence-corrected chi connectivity index (χ4v) is 16.0. The molecule has 0 aromatic heterocycles. The highest BCUT2D eigenvalue weighted by molar-refractivity contribution is 6.27. The molecule has 0 radical (unpaired) electrons. The molecule has 16 heteroatoms. The van der Waals surface area contributed by atoms with Crippen molar-refractivity contribution in [1.29, 1.82) is 0 Å². The lowest BCUT2D eigenvalue weighted by Crippen LogP contribution is -2.50. The van der Waals surface area contributed by atoms with Crippen LogP contribution in [0, 0.1) is 77.9 Å². The topological polar surface area (TPSA) is 186 Å². The number of benzene rings is 8. The third-order valence-corrected chi connectivity index (χ3v) is 20.7. The second-order valence-electron chi connectivity index (χ2n) is 26.0. The van der Waals surface area contributed by atoms with Gasteiger partial charge in [-0.2, -0.15) is 0 Å². The first-order valence-corrected chi connectivity index (χ1v) is 31.3. The van der Waals surface area contributed by atoms with E-state index in [1.807, 2.05) is 153 Å². The minimum Gasteiger partial charge on any atom is -0.457 e. The Kier molecular flexibility index (Phi) is 13.3. The maximum Gasteiger partial charge on any atom is 0.238 e. The van der Waals surface area contributed by atoms with Crippen LogP contribution in [-0.4, -0.2) is 59.2 Å². The van der Waals surface area contributed by atoms with Gasteiger partial charge >= 0.3 is 0 Å². The first-order valence-electron chi connectivity index (χ1n) is 31.3. The minimum atomic E-state index is -0.793. The summed E-state index contributed by atoms with van der Waals surface area (Å²) in [5, 5.41) is 0. The Morgan fingerprint density at radius 1 is 0.280 bits per heavy atom. The largest absolute Gasteiger partial charge is 0.457 e. The lowest BCUT2D eigenvalue weighted by molar-refractivity contribution is -0.138. The quantitative estimate of drug-likeness (QED) is 0.0742. The van der Waals surface area contributed by atoms with Gasteiger partial charge < -0.3 is 18.9 Å². The number of aryl methyl sites for hydroxylation is 1. The van der Waals surface area contributed by atoms with Gasteiger partial charge in [0, 0.05) is 36.1 Å². The van der Waals surface area contributed by atoms with E-state index in [9.17, 15) is 38.4 Å². The molecule has 0 N–H and O–H groups in total. The number of hydrogen-bond donors (Lipinski definition) is 0. The molecule has 8 amide bonds. The highest BCUT2D eigenvalue weighted by atomic mass is 16.5. The molecule has 6 aliphatic carbocycles. The monoisotopic (exact) mass is 1230 g/mol. The third kappa shape index (κ3) is 9.15. The Morgan fingerprint density at radius 2 is 0.484 bits per heavy atom. The number of rotatable bonds is 14. The zero-order valence-electron chi connectivity index (χ0n) is 50.9. The second-order valence-corrected chi connectivity index (χ2v) is 26.0. The third-order valence-electron chi connectivity index (χ3n) is 20.7. The number of ether oxygens (including phenoxy) is 4. The summed E-state index contributed by atoms with van der Waals surface area (Å²) in [6.07, 6.45) is 7.41. The number of anilines is 3. The van der Waals surface area contributed by atoms with E-state index in [1.54, 1.807) is 72.8 Å². The van der Waals surface area contributed by atoms with Gasteiger partial charge in [0.1, 0.15) is 46.0 Å². The maximum absolute atomic E-state index is 14.4. The van der Waals surface area contributed by atoms with Gasteiger partial charge in [-0.3, -0.25) is 58.0 Å². The minimum absolute atomic E-state index is 0.289. The predicted molar refractivity (Wildman–Crippen MR) is 343 cm³/mol. The van der Waals surface area contributed by atoms with Crippen LogP contribution in [0.1, 0.15) is 30.5 Å². The van der Waals surface area contributed by atoms with Gasteiger partial charge in [0.15, 0.2) is 0 Å². The number of hydrogen-bond acceptors (Lipinski definition) is 12. The molecule has 4 saturated heterocycles. The van der Waals surface area contributed by atoms with E-state index in [-0.39, 0.29) is 35.4 Å². The lowest BCUT2D eigenvalue weighted by atomic mass is 9.54. The zero-order chi connectivity index (χ0) is 63.9. The van der Waals surface area contributed by atoms with Crippen LogP contribution in [0.4, 0.5) is 17.1 Å². The van der Waals surface area contributed by atoms with Crippen molar-refractivity contribution in [2.24, 2.45) is 71.0 Å². The summed E-state index contributed by atoms with van der Waals surface area (Å²) in [5.41, 5.74) is 5.98. The Balaban J connectivity index is 0.523. The molecule has 6 fully saturated rings. The van der Waals surface area contributed by atoms with E-state index in [0.717, 1.165) is 44.2 Å². The van der Waals surface area contributed by atoms with Crippen LogP contribution < -0.4 is 33.6 Å². The van der Waals surface area contributed by atoms with Gasteiger partial charge in [-0.25, -0.2) is 0 Å². The molecule has 4 bridgehead atoms. The number of imide groups is 4. The van der Waals surface area contributed by atoms with Crippen LogP contribution in [-0.2, 0) is 43.8 Å². The van der Waals surface area contributed by atoms with E-state index in [2.05, 4.69) is 13.8 Å². The van der Waals surface area contributed by atoms with E-state index in [1.165, 1.54) is 21.7 Å². The molecular formula is C77H60N4O12. The SMILES string of the molecule is Cc1ccc(Oc2ccc(-c3ccc(Oc4ccc(N5C(=O)C6C7C=CC(C6C5=O)C5C(=O)N(c6ccc(Oc8ccc(C(C)(C)c9ccc(Oc%10ccc(N%11C(=O)C%12C%13C=CC(C%14C(=O)N(C)C(=O)C%13%14)C%12C%11=O)cc%10)cc9)cc8)cc6)C(=O)C75)cc4)cc3)cc2)cc1. The van der Waals surface area contributed by atoms with Gasteiger partial charge in [-0.1, -0.05) is 104 Å². The summed E-state index contributed by atoms with van der Waals surface area (Å²) in [4.78, 5) is 116. The van der Waals surface area contributed by atoms with Gasteiger partial charge in [0.25, 0.3) is 0 Å². The van der Waals surface area contributed by atoms with E-state index >= 15 is 0 Å². The van der Waals surface area contributed by atoms with Crippen molar-refractivity contribution in [3.05, 3.63) is 235 Å². The normalized spacial score (nSPS) is 26.3. The van der Waals surface area contributed by atoms with Crippen molar-refractivity contribution in [2.75, 3.05) is 21.7 Å². The summed E-state index contributed by atoms with van der Waals surface area (Å²) in [6.45, 7) is 6.27. The van der Waals surface area contributed by atoms with Gasteiger partial charge in [0.2, 0.25) is 47.3 Å². The predicted octanol–water partition coefficient (Wildman–Crippen LogP) is 13.0. The van der Waals surface area contributed by atoms with Crippen LogP contribution in [0.15, 0.2) is 218 Å². The van der Waals surface area contributed by atoms with Crippen LogP contribution in [0.5, 0.6) is 46.0 Å². The van der Waals surface area contributed by atoms with E-state index in [4.69, 9.17) is 18.9 Å². The first-order chi connectivity index (χ1) is 45.0. The number of carbonyl (C=O) groups is 8. The highest BCUT2D eigenvalue weighted by Gasteiger charge is 2.70. The van der Waals surface area contributed by atoms with Crippen molar-refractivity contribution < 1.29 is 57.3 Å². The zero-order valence-corrected chi connectivity index (χ0v) is 50.9. The smallest absolute Gasteiger partial charge is 0.238 e. The molecule has 460 valence electrons. The summed E-state index contributed by atoms with van der Waals surface area (Å²) < 4.78 is 24.6.